The summed E-state index contributed by atoms with van der Waals surface area (Å²) in [5, 5.41) is 0. The number of aldehydes is 1. The number of hydrogen-bond donors (Lipinski definition) is 0. The maximum Gasteiger partial charge on any atom is 0.337 e. The number of methoxy groups -OCH3 is 1. The molecule has 0 aliphatic carbocycles. The van der Waals surface area contributed by atoms with Crippen molar-refractivity contribution in [3.63, 3.8) is 0 Å². The van der Waals surface area contributed by atoms with Gasteiger partial charge in [-0.2, -0.15) is 0 Å². The summed E-state index contributed by atoms with van der Waals surface area (Å²) in [6.07, 6.45) is 1.60. The quantitative estimate of drug-likeness (QED) is 0.539. The lowest BCUT2D eigenvalue weighted by atomic mass is 9.85. The van der Waals surface area contributed by atoms with Crippen LogP contribution in [-0.2, 0) is 21.4 Å². The zero-order valence-corrected chi connectivity index (χ0v) is 16.7. The molecule has 3 nitrogen and oxygen atoms in total. The molecule has 26 heavy (non-hydrogen) atoms. The molecule has 0 fully saturated rings. The average Bonchev–Trinajstić information content (AvgIpc) is 2.67. The summed E-state index contributed by atoms with van der Waals surface area (Å²) >= 11 is 0. The molecule has 1 atom stereocenters. The molecule has 0 spiro atoms. The Kier molecular flexibility index (Phi) is 8.24. The molecule has 0 aliphatic rings. The molecule has 140 valence electrons. The molecule has 1 unspecified atom stereocenters. The Morgan fingerprint density at radius 2 is 1.54 bits per heavy atom. The minimum Gasteiger partial charge on any atom is -0.465 e. The lowest BCUT2D eigenvalue weighted by molar-refractivity contribution is -0.109. The molecule has 0 radical (unpaired) electrons. The largest absolute Gasteiger partial charge is 0.465 e. The molecule has 2 aromatic rings. The van der Waals surface area contributed by atoms with E-state index in [0.29, 0.717) is 12.0 Å². The van der Waals surface area contributed by atoms with Gasteiger partial charge in [0.1, 0.15) is 6.29 Å². The highest BCUT2D eigenvalue weighted by molar-refractivity contribution is 5.89. The Morgan fingerprint density at radius 1 is 1.00 bits per heavy atom. The summed E-state index contributed by atoms with van der Waals surface area (Å²) < 4.78 is 4.69. The van der Waals surface area contributed by atoms with Gasteiger partial charge in [0.25, 0.3) is 0 Å². The van der Waals surface area contributed by atoms with E-state index in [-0.39, 0.29) is 17.3 Å². The third-order valence-electron chi connectivity index (χ3n) is 4.20. The van der Waals surface area contributed by atoms with Crippen molar-refractivity contribution in [2.24, 2.45) is 0 Å². The van der Waals surface area contributed by atoms with Gasteiger partial charge in [-0.15, -0.1) is 0 Å². The van der Waals surface area contributed by atoms with Crippen molar-refractivity contribution < 1.29 is 14.3 Å². The second-order valence-electron chi connectivity index (χ2n) is 7.01. The van der Waals surface area contributed by atoms with Crippen LogP contribution < -0.4 is 0 Å². The summed E-state index contributed by atoms with van der Waals surface area (Å²) in [5.74, 6) is -0.547. The van der Waals surface area contributed by atoms with Crippen LogP contribution in [0.2, 0.25) is 0 Å². The predicted octanol–water partition coefficient (Wildman–Crippen LogP) is 5.32. The molecule has 3 heteroatoms. The second-order valence-corrected chi connectivity index (χ2v) is 7.01. The van der Waals surface area contributed by atoms with Crippen LogP contribution in [0.4, 0.5) is 0 Å². The summed E-state index contributed by atoms with van der Waals surface area (Å²) in [6.45, 7) is 10.5. The Labute approximate surface area is 157 Å². The third-order valence-corrected chi connectivity index (χ3v) is 4.20. The number of esters is 1. The third kappa shape index (κ3) is 5.83. The van der Waals surface area contributed by atoms with Crippen LogP contribution in [0.1, 0.15) is 67.6 Å². The van der Waals surface area contributed by atoms with Gasteiger partial charge in [-0.25, -0.2) is 4.79 Å². The molecule has 0 amide bonds. The van der Waals surface area contributed by atoms with Crippen molar-refractivity contribution in [2.75, 3.05) is 7.11 Å². The summed E-state index contributed by atoms with van der Waals surface area (Å²) in [5.41, 5.74) is 3.88. The van der Waals surface area contributed by atoms with Crippen LogP contribution in [0.3, 0.4) is 0 Å². The van der Waals surface area contributed by atoms with E-state index in [1.54, 1.807) is 12.1 Å². The van der Waals surface area contributed by atoms with Gasteiger partial charge in [-0.1, -0.05) is 71.0 Å². The van der Waals surface area contributed by atoms with Crippen molar-refractivity contribution in [2.45, 2.75) is 52.4 Å². The summed E-state index contributed by atoms with van der Waals surface area (Å²) in [7, 11) is 1.36. The van der Waals surface area contributed by atoms with Crippen molar-refractivity contribution >= 4 is 12.3 Å². The number of carbonyl (C=O) groups excluding carboxylic acids is 2. The Balaban J connectivity index is 0.00000163. The smallest absolute Gasteiger partial charge is 0.337 e. The molecule has 2 aromatic carbocycles. The zero-order valence-electron chi connectivity index (χ0n) is 16.7. The standard InChI is InChI=1S/C21H24O3.C2H6/c1-21(2,3)19-11-9-16(10-12-19)18(14-22)13-15-5-7-17(8-6-15)20(23)24-4;1-2/h5-12,14,18H,13H2,1-4H3;1-2H3. The van der Waals surface area contributed by atoms with Gasteiger partial charge < -0.3 is 9.53 Å². The fourth-order valence-electron chi connectivity index (χ4n) is 2.62. The van der Waals surface area contributed by atoms with Crippen molar-refractivity contribution in [3.05, 3.63) is 70.8 Å². The van der Waals surface area contributed by atoms with E-state index in [2.05, 4.69) is 32.9 Å². The topological polar surface area (TPSA) is 43.4 Å². The van der Waals surface area contributed by atoms with Gasteiger partial charge in [-0.05, 0) is 40.7 Å². The first-order valence-corrected chi connectivity index (χ1v) is 9.08. The van der Waals surface area contributed by atoms with Crippen molar-refractivity contribution in [1.82, 2.24) is 0 Å². The second kappa shape index (κ2) is 9.91. The highest BCUT2D eigenvalue weighted by Gasteiger charge is 2.16. The van der Waals surface area contributed by atoms with Gasteiger partial charge in [0.05, 0.1) is 12.7 Å². The fourth-order valence-corrected chi connectivity index (χ4v) is 2.62. The van der Waals surface area contributed by atoms with E-state index in [1.165, 1.54) is 12.7 Å². The van der Waals surface area contributed by atoms with E-state index in [9.17, 15) is 9.59 Å². The first kappa shape index (κ1) is 21.6. The molecule has 0 N–H and O–H groups in total. The molecular weight excluding hydrogens is 324 g/mol. The SMILES string of the molecule is CC.COC(=O)c1ccc(CC(C=O)c2ccc(C(C)(C)C)cc2)cc1. The number of ether oxygens (including phenoxy) is 1. The van der Waals surface area contributed by atoms with Crippen molar-refractivity contribution in [3.8, 4) is 0 Å². The minimum absolute atomic E-state index is 0.0962. The highest BCUT2D eigenvalue weighted by Crippen LogP contribution is 2.25. The number of rotatable bonds is 5. The molecular formula is C23H30O3. The molecule has 0 aromatic heterocycles. The van der Waals surface area contributed by atoms with E-state index in [0.717, 1.165) is 17.4 Å². The maximum atomic E-state index is 11.5. The Bertz CT molecular complexity index is 692. The first-order chi connectivity index (χ1) is 12.3. The van der Waals surface area contributed by atoms with E-state index in [1.807, 2.05) is 38.1 Å². The van der Waals surface area contributed by atoms with Gasteiger partial charge >= 0.3 is 5.97 Å². The maximum absolute atomic E-state index is 11.5. The molecule has 0 bridgehead atoms. The van der Waals surface area contributed by atoms with Crippen LogP contribution in [-0.4, -0.2) is 19.4 Å². The molecule has 0 saturated carbocycles. The van der Waals surface area contributed by atoms with Crippen LogP contribution in [0, 0.1) is 0 Å². The number of carbonyl (C=O) groups is 2. The van der Waals surface area contributed by atoms with E-state index < -0.39 is 0 Å². The van der Waals surface area contributed by atoms with Gasteiger partial charge in [-0.3, -0.25) is 0 Å². The Morgan fingerprint density at radius 3 is 1.96 bits per heavy atom. The van der Waals surface area contributed by atoms with Crippen LogP contribution in [0.25, 0.3) is 0 Å². The lowest BCUT2D eigenvalue weighted by Gasteiger charge is -2.20. The molecule has 0 aliphatic heterocycles. The minimum atomic E-state index is -0.355. The number of benzene rings is 2. The summed E-state index contributed by atoms with van der Waals surface area (Å²) in [4.78, 5) is 23.0. The first-order valence-electron chi connectivity index (χ1n) is 9.08. The van der Waals surface area contributed by atoms with Crippen LogP contribution >= 0.6 is 0 Å². The normalized spacial score (nSPS) is 11.8. The predicted molar refractivity (Wildman–Crippen MR) is 107 cm³/mol. The van der Waals surface area contributed by atoms with E-state index in [4.69, 9.17) is 4.74 Å². The number of hydrogen-bond acceptors (Lipinski definition) is 3. The zero-order chi connectivity index (χ0) is 19.7. The van der Waals surface area contributed by atoms with Crippen LogP contribution in [0.15, 0.2) is 48.5 Å². The van der Waals surface area contributed by atoms with Gasteiger partial charge in [0, 0.05) is 5.92 Å². The molecule has 2 rings (SSSR count). The molecule has 0 saturated heterocycles. The summed E-state index contributed by atoms with van der Waals surface area (Å²) in [6, 6.07) is 15.4. The molecule has 0 heterocycles. The Hall–Kier alpha value is -2.42. The van der Waals surface area contributed by atoms with Gasteiger partial charge in [0.15, 0.2) is 0 Å². The van der Waals surface area contributed by atoms with E-state index >= 15 is 0 Å². The average molecular weight is 354 g/mol. The monoisotopic (exact) mass is 354 g/mol. The fraction of sp³-hybridized carbons (Fsp3) is 0.391. The van der Waals surface area contributed by atoms with Crippen LogP contribution in [0.5, 0.6) is 0 Å². The highest BCUT2D eigenvalue weighted by atomic mass is 16.5. The van der Waals surface area contributed by atoms with Gasteiger partial charge in [0.2, 0.25) is 0 Å². The lowest BCUT2D eigenvalue weighted by Crippen LogP contribution is -2.11. The van der Waals surface area contributed by atoms with Crippen molar-refractivity contribution in [1.29, 1.82) is 0 Å².